The molecule has 2 rings (SSSR count). The van der Waals surface area contributed by atoms with Gasteiger partial charge in [-0.15, -0.1) is 0 Å². The van der Waals surface area contributed by atoms with Crippen LogP contribution in [-0.2, 0) is 4.74 Å². The molecule has 0 fully saturated rings. The summed E-state index contributed by atoms with van der Waals surface area (Å²) in [5, 5.41) is 5.20. The molecule has 22 heavy (non-hydrogen) atoms. The van der Waals surface area contributed by atoms with E-state index in [1.165, 1.54) is 25.4 Å². The number of hydrogen-bond acceptors (Lipinski definition) is 5. The van der Waals surface area contributed by atoms with Crippen LogP contribution < -0.4 is 10.6 Å². The van der Waals surface area contributed by atoms with Crippen LogP contribution in [0.2, 0.25) is 0 Å². The summed E-state index contributed by atoms with van der Waals surface area (Å²) in [6.45, 7) is 0.720. The number of methoxy groups -OCH3 is 1. The van der Waals surface area contributed by atoms with Gasteiger partial charge in [0.2, 0.25) is 5.95 Å². The number of nitrogens with one attached hydrogen (secondary N) is 2. The standard InChI is InChI=1S/C14H14F2N4O2/c1-22-7-6-17-13(21)12-4-5-18-14(20-12)19-11-3-2-9(15)8-10(11)16/h2-5,8H,6-7H2,1H3,(H,17,21)(H,18,19,20). The van der Waals surface area contributed by atoms with E-state index < -0.39 is 17.5 Å². The van der Waals surface area contributed by atoms with E-state index >= 15 is 0 Å². The van der Waals surface area contributed by atoms with Crippen molar-refractivity contribution in [2.45, 2.75) is 0 Å². The maximum atomic E-state index is 13.5. The Hall–Kier alpha value is -2.61. The number of nitrogens with zero attached hydrogens (tertiary/aromatic N) is 2. The molecule has 1 aromatic carbocycles. The monoisotopic (exact) mass is 308 g/mol. The van der Waals surface area contributed by atoms with Crippen molar-refractivity contribution in [2.24, 2.45) is 0 Å². The Kier molecular flexibility index (Phi) is 5.31. The lowest BCUT2D eigenvalue weighted by Crippen LogP contribution is -2.27. The van der Waals surface area contributed by atoms with Gasteiger partial charge < -0.3 is 15.4 Å². The van der Waals surface area contributed by atoms with Crippen molar-refractivity contribution in [3.05, 3.63) is 47.8 Å². The Morgan fingerprint density at radius 3 is 2.86 bits per heavy atom. The van der Waals surface area contributed by atoms with E-state index in [-0.39, 0.29) is 17.3 Å². The maximum Gasteiger partial charge on any atom is 0.270 e. The number of carbonyl (C=O) groups excluding carboxylic acids is 1. The Labute approximate surface area is 125 Å². The van der Waals surface area contributed by atoms with Crippen molar-refractivity contribution in [1.82, 2.24) is 15.3 Å². The zero-order chi connectivity index (χ0) is 15.9. The average Bonchev–Trinajstić information content (AvgIpc) is 2.50. The van der Waals surface area contributed by atoms with Crippen molar-refractivity contribution in [1.29, 1.82) is 0 Å². The summed E-state index contributed by atoms with van der Waals surface area (Å²) < 4.78 is 31.2. The highest BCUT2D eigenvalue weighted by Gasteiger charge is 2.10. The van der Waals surface area contributed by atoms with Crippen molar-refractivity contribution < 1.29 is 18.3 Å². The molecule has 0 aliphatic heterocycles. The van der Waals surface area contributed by atoms with E-state index in [1.807, 2.05) is 0 Å². The maximum absolute atomic E-state index is 13.5. The lowest BCUT2D eigenvalue weighted by Gasteiger charge is -2.08. The molecule has 0 aliphatic rings. The van der Waals surface area contributed by atoms with Gasteiger partial charge in [-0.05, 0) is 18.2 Å². The van der Waals surface area contributed by atoms with Gasteiger partial charge in [0, 0.05) is 25.9 Å². The van der Waals surface area contributed by atoms with Gasteiger partial charge in [0.05, 0.1) is 12.3 Å². The van der Waals surface area contributed by atoms with E-state index in [0.29, 0.717) is 13.2 Å². The quantitative estimate of drug-likeness (QED) is 0.797. The molecule has 0 unspecified atom stereocenters. The Bertz CT molecular complexity index is 667. The summed E-state index contributed by atoms with van der Waals surface area (Å²) in [5.74, 6) is -1.83. The highest BCUT2D eigenvalue weighted by atomic mass is 19.1. The number of anilines is 2. The van der Waals surface area contributed by atoms with Gasteiger partial charge in [-0.3, -0.25) is 4.79 Å². The molecule has 2 N–H and O–H groups in total. The first-order valence-electron chi connectivity index (χ1n) is 6.42. The molecule has 1 amide bonds. The SMILES string of the molecule is COCCNC(=O)c1ccnc(Nc2ccc(F)cc2F)n1. The molecular weight excluding hydrogens is 294 g/mol. The second-order valence-corrected chi connectivity index (χ2v) is 4.26. The molecular formula is C14H14F2N4O2. The first-order valence-corrected chi connectivity index (χ1v) is 6.42. The highest BCUT2D eigenvalue weighted by molar-refractivity contribution is 5.92. The Morgan fingerprint density at radius 1 is 1.32 bits per heavy atom. The Balaban J connectivity index is 2.09. The number of benzene rings is 1. The summed E-state index contributed by atoms with van der Waals surface area (Å²) in [6, 6.07) is 4.49. The van der Waals surface area contributed by atoms with Crippen molar-refractivity contribution in [2.75, 3.05) is 25.6 Å². The van der Waals surface area contributed by atoms with Crippen LogP contribution in [0.3, 0.4) is 0 Å². The molecule has 0 aliphatic carbocycles. The third-order valence-corrected chi connectivity index (χ3v) is 2.66. The normalized spacial score (nSPS) is 10.3. The van der Waals surface area contributed by atoms with Gasteiger partial charge in [-0.1, -0.05) is 0 Å². The minimum atomic E-state index is -0.779. The second-order valence-electron chi connectivity index (χ2n) is 4.26. The summed E-state index contributed by atoms with van der Waals surface area (Å²) >= 11 is 0. The van der Waals surface area contributed by atoms with E-state index in [4.69, 9.17) is 4.74 Å². The summed E-state index contributed by atoms with van der Waals surface area (Å²) in [6.07, 6.45) is 1.36. The van der Waals surface area contributed by atoms with Crippen molar-refractivity contribution >= 4 is 17.5 Å². The second kappa shape index (κ2) is 7.41. The average molecular weight is 308 g/mol. The van der Waals surface area contributed by atoms with Crippen molar-refractivity contribution in [3.8, 4) is 0 Å². The van der Waals surface area contributed by atoms with E-state index in [9.17, 15) is 13.6 Å². The lowest BCUT2D eigenvalue weighted by atomic mass is 10.3. The highest BCUT2D eigenvalue weighted by Crippen LogP contribution is 2.18. The number of aromatic nitrogens is 2. The number of carbonyl (C=O) groups is 1. The van der Waals surface area contributed by atoms with E-state index in [2.05, 4.69) is 20.6 Å². The molecule has 1 aromatic heterocycles. The van der Waals surface area contributed by atoms with Crippen molar-refractivity contribution in [3.63, 3.8) is 0 Å². The summed E-state index contributed by atoms with van der Waals surface area (Å²) in [4.78, 5) is 19.7. The third kappa shape index (κ3) is 4.19. The molecule has 0 bridgehead atoms. The van der Waals surface area contributed by atoms with Gasteiger partial charge in [0.1, 0.15) is 17.3 Å². The molecule has 0 saturated carbocycles. The van der Waals surface area contributed by atoms with Crippen LogP contribution in [0.1, 0.15) is 10.5 Å². The van der Waals surface area contributed by atoms with Crippen LogP contribution in [0.15, 0.2) is 30.5 Å². The van der Waals surface area contributed by atoms with E-state index in [1.54, 1.807) is 0 Å². The fourth-order valence-corrected chi connectivity index (χ4v) is 1.61. The van der Waals surface area contributed by atoms with Crippen LogP contribution in [0.25, 0.3) is 0 Å². The van der Waals surface area contributed by atoms with Gasteiger partial charge in [0.15, 0.2) is 0 Å². The molecule has 0 atom stereocenters. The fourth-order valence-electron chi connectivity index (χ4n) is 1.61. The number of amides is 1. The van der Waals surface area contributed by atoms with Gasteiger partial charge in [-0.2, -0.15) is 0 Å². The molecule has 0 spiro atoms. The topological polar surface area (TPSA) is 76.1 Å². The summed E-state index contributed by atoms with van der Waals surface area (Å²) in [5.41, 5.74) is 0.134. The molecule has 0 saturated heterocycles. The molecule has 2 aromatic rings. The predicted molar refractivity (Wildman–Crippen MR) is 75.9 cm³/mol. The van der Waals surface area contributed by atoms with Crippen LogP contribution >= 0.6 is 0 Å². The minimum Gasteiger partial charge on any atom is -0.383 e. The number of hydrogen-bond donors (Lipinski definition) is 2. The number of ether oxygens (including phenoxy) is 1. The molecule has 0 radical (unpaired) electrons. The Morgan fingerprint density at radius 2 is 2.14 bits per heavy atom. The van der Waals surface area contributed by atoms with E-state index in [0.717, 1.165) is 12.1 Å². The minimum absolute atomic E-state index is 0.0124. The van der Waals surface area contributed by atoms with Crippen LogP contribution in [-0.4, -0.2) is 36.1 Å². The van der Waals surface area contributed by atoms with Gasteiger partial charge in [0.25, 0.3) is 5.91 Å². The fraction of sp³-hybridized carbons (Fsp3) is 0.214. The van der Waals surface area contributed by atoms with Gasteiger partial charge >= 0.3 is 0 Å². The first kappa shape index (κ1) is 15.8. The zero-order valence-corrected chi connectivity index (χ0v) is 11.8. The van der Waals surface area contributed by atoms with Crippen LogP contribution in [0.4, 0.5) is 20.4 Å². The number of rotatable bonds is 6. The largest absolute Gasteiger partial charge is 0.383 e. The van der Waals surface area contributed by atoms with Gasteiger partial charge in [-0.25, -0.2) is 18.7 Å². The third-order valence-electron chi connectivity index (χ3n) is 2.66. The van der Waals surface area contributed by atoms with Crippen LogP contribution in [0.5, 0.6) is 0 Å². The predicted octanol–water partition coefficient (Wildman–Crippen LogP) is 1.87. The smallest absolute Gasteiger partial charge is 0.270 e. The number of halogens is 2. The molecule has 116 valence electrons. The first-order chi connectivity index (χ1) is 10.6. The lowest BCUT2D eigenvalue weighted by molar-refractivity contribution is 0.0932. The zero-order valence-electron chi connectivity index (χ0n) is 11.8. The summed E-state index contributed by atoms with van der Waals surface area (Å²) in [7, 11) is 1.52. The van der Waals surface area contributed by atoms with Crippen LogP contribution in [0, 0.1) is 11.6 Å². The molecule has 8 heteroatoms. The molecule has 6 nitrogen and oxygen atoms in total. The molecule has 1 heterocycles.